The molecule has 0 spiro atoms. The summed E-state index contributed by atoms with van der Waals surface area (Å²) in [6.07, 6.45) is -0.200. The number of hydrogen-bond donors (Lipinski definition) is 2. The van der Waals surface area contributed by atoms with E-state index in [1.54, 1.807) is 38.5 Å². The second-order valence-corrected chi connectivity index (χ2v) is 4.29. The van der Waals surface area contributed by atoms with Gasteiger partial charge in [-0.2, -0.15) is 0 Å². The summed E-state index contributed by atoms with van der Waals surface area (Å²) in [7, 11) is 3.12. The lowest BCUT2D eigenvalue weighted by atomic mass is 10.1. The van der Waals surface area contributed by atoms with Crippen LogP contribution in [0.2, 0.25) is 0 Å². The Bertz CT molecular complexity index is 462. The number of nitrogens with one attached hydrogen (secondary N) is 2. The monoisotopic (exact) mass is 280 g/mol. The molecule has 6 heteroatoms. The molecule has 0 radical (unpaired) electrons. The van der Waals surface area contributed by atoms with Crippen LogP contribution in [0.3, 0.4) is 0 Å². The number of amides is 2. The van der Waals surface area contributed by atoms with Crippen molar-refractivity contribution in [1.82, 2.24) is 5.32 Å². The Morgan fingerprint density at radius 1 is 1.30 bits per heavy atom. The molecule has 1 aromatic carbocycles. The number of urea groups is 1. The average molecular weight is 280 g/mol. The number of ketones is 1. The first-order chi connectivity index (χ1) is 9.56. The van der Waals surface area contributed by atoms with Crippen molar-refractivity contribution in [2.45, 2.75) is 13.0 Å². The zero-order valence-corrected chi connectivity index (χ0v) is 11.9. The fourth-order valence-corrected chi connectivity index (χ4v) is 1.59. The maximum Gasteiger partial charge on any atom is 0.319 e. The quantitative estimate of drug-likeness (QED) is 0.745. The first-order valence-electron chi connectivity index (χ1n) is 6.24. The van der Waals surface area contributed by atoms with Gasteiger partial charge < -0.3 is 20.1 Å². The summed E-state index contributed by atoms with van der Waals surface area (Å²) < 4.78 is 10.1. The van der Waals surface area contributed by atoms with Crippen molar-refractivity contribution in [2.24, 2.45) is 0 Å². The summed E-state index contributed by atoms with van der Waals surface area (Å²) in [6, 6.07) is 6.41. The van der Waals surface area contributed by atoms with Crippen LogP contribution in [0.5, 0.6) is 0 Å². The molecule has 0 saturated carbocycles. The molecule has 2 amide bonds. The van der Waals surface area contributed by atoms with Gasteiger partial charge in [0.05, 0.1) is 12.7 Å². The van der Waals surface area contributed by atoms with E-state index in [1.165, 1.54) is 6.92 Å². The number of ether oxygens (including phenoxy) is 2. The zero-order valence-electron chi connectivity index (χ0n) is 11.9. The molecule has 0 aliphatic rings. The standard InChI is InChI=1S/C14H20N2O4/c1-10(17)11-5-4-6-12(7-11)16-14(18)15-8-13(20-3)9-19-2/h4-7,13H,8-9H2,1-3H3,(H2,15,16,18). The molecule has 0 aromatic heterocycles. The largest absolute Gasteiger partial charge is 0.382 e. The molecule has 0 saturated heterocycles. The second kappa shape index (κ2) is 8.29. The van der Waals surface area contributed by atoms with Crippen LogP contribution in [-0.2, 0) is 9.47 Å². The smallest absolute Gasteiger partial charge is 0.319 e. The van der Waals surface area contributed by atoms with Crippen LogP contribution in [0.15, 0.2) is 24.3 Å². The van der Waals surface area contributed by atoms with Crippen molar-refractivity contribution in [3.8, 4) is 0 Å². The molecule has 0 aliphatic carbocycles. The van der Waals surface area contributed by atoms with E-state index in [0.717, 1.165) is 0 Å². The van der Waals surface area contributed by atoms with E-state index in [0.29, 0.717) is 24.4 Å². The number of methoxy groups -OCH3 is 2. The van der Waals surface area contributed by atoms with Crippen molar-refractivity contribution in [3.63, 3.8) is 0 Å². The maximum absolute atomic E-state index is 11.7. The maximum atomic E-state index is 11.7. The molecule has 0 fully saturated rings. The van der Waals surface area contributed by atoms with Gasteiger partial charge >= 0.3 is 6.03 Å². The van der Waals surface area contributed by atoms with Gasteiger partial charge in [-0.1, -0.05) is 12.1 Å². The molecule has 110 valence electrons. The van der Waals surface area contributed by atoms with Crippen molar-refractivity contribution in [3.05, 3.63) is 29.8 Å². The van der Waals surface area contributed by atoms with Gasteiger partial charge in [-0.05, 0) is 19.1 Å². The van der Waals surface area contributed by atoms with Crippen LogP contribution in [0.25, 0.3) is 0 Å². The first-order valence-corrected chi connectivity index (χ1v) is 6.24. The van der Waals surface area contributed by atoms with E-state index in [1.807, 2.05) is 0 Å². The lowest BCUT2D eigenvalue weighted by Gasteiger charge is -2.15. The Morgan fingerprint density at radius 3 is 2.65 bits per heavy atom. The molecule has 0 bridgehead atoms. The number of anilines is 1. The topological polar surface area (TPSA) is 76.7 Å². The summed E-state index contributed by atoms with van der Waals surface area (Å²) in [4.78, 5) is 23.0. The molecule has 2 N–H and O–H groups in total. The number of carbonyl (C=O) groups is 2. The minimum Gasteiger partial charge on any atom is -0.382 e. The van der Waals surface area contributed by atoms with Crippen molar-refractivity contribution < 1.29 is 19.1 Å². The summed E-state index contributed by atoms with van der Waals surface area (Å²) in [5, 5.41) is 5.34. The van der Waals surface area contributed by atoms with Crippen LogP contribution in [0.4, 0.5) is 10.5 Å². The summed E-state index contributed by atoms with van der Waals surface area (Å²) in [5.41, 5.74) is 1.12. The Hall–Kier alpha value is -1.92. The average Bonchev–Trinajstić information content (AvgIpc) is 2.43. The van der Waals surface area contributed by atoms with E-state index < -0.39 is 0 Å². The SMILES string of the molecule is COCC(CNC(=O)Nc1cccc(C(C)=O)c1)OC. The van der Waals surface area contributed by atoms with E-state index >= 15 is 0 Å². The third-order valence-electron chi connectivity index (χ3n) is 2.70. The highest BCUT2D eigenvalue weighted by molar-refractivity contribution is 5.96. The highest BCUT2D eigenvalue weighted by Gasteiger charge is 2.09. The van der Waals surface area contributed by atoms with Gasteiger partial charge in [0.15, 0.2) is 5.78 Å². The lowest BCUT2D eigenvalue weighted by Crippen LogP contribution is -2.38. The van der Waals surface area contributed by atoms with E-state index in [4.69, 9.17) is 9.47 Å². The van der Waals surface area contributed by atoms with Gasteiger partial charge in [0.2, 0.25) is 0 Å². The van der Waals surface area contributed by atoms with E-state index in [2.05, 4.69) is 10.6 Å². The minimum atomic E-state index is -0.358. The molecular weight excluding hydrogens is 260 g/mol. The van der Waals surface area contributed by atoms with Gasteiger partial charge in [-0.25, -0.2) is 4.79 Å². The Kier molecular flexibility index (Phi) is 6.69. The van der Waals surface area contributed by atoms with Crippen LogP contribution in [0, 0.1) is 0 Å². The minimum absolute atomic E-state index is 0.0476. The molecule has 20 heavy (non-hydrogen) atoms. The second-order valence-electron chi connectivity index (χ2n) is 4.29. The third-order valence-corrected chi connectivity index (χ3v) is 2.70. The van der Waals surface area contributed by atoms with Crippen LogP contribution in [0.1, 0.15) is 17.3 Å². The van der Waals surface area contributed by atoms with Gasteiger partial charge in [0.1, 0.15) is 0 Å². The summed E-state index contributed by atoms with van der Waals surface area (Å²) in [6.45, 7) is 2.21. The highest BCUT2D eigenvalue weighted by atomic mass is 16.5. The molecule has 1 unspecified atom stereocenters. The number of carbonyl (C=O) groups excluding carboxylic acids is 2. The number of rotatable bonds is 7. The Balaban J connectivity index is 2.49. The van der Waals surface area contributed by atoms with Crippen LogP contribution in [-0.4, -0.2) is 45.3 Å². The zero-order chi connectivity index (χ0) is 15.0. The highest BCUT2D eigenvalue weighted by Crippen LogP contribution is 2.10. The van der Waals surface area contributed by atoms with E-state index in [9.17, 15) is 9.59 Å². The van der Waals surface area contributed by atoms with Gasteiger partial charge in [0, 0.05) is 32.0 Å². The van der Waals surface area contributed by atoms with Crippen LogP contribution < -0.4 is 10.6 Å². The predicted molar refractivity (Wildman–Crippen MR) is 76.1 cm³/mol. The number of hydrogen-bond acceptors (Lipinski definition) is 4. The van der Waals surface area contributed by atoms with Crippen molar-refractivity contribution >= 4 is 17.5 Å². The molecular formula is C14H20N2O4. The lowest BCUT2D eigenvalue weighted by molar-refractivity contribution is 0.0307. The number of Topliss-reactive ketones (excluding diaryl/α,β-unsaturated/α-hetero) is 1. The molecule has 0 aliphatic heterocycles. The molecule has 1 aromatic rings. The van der Waals surface area contributed by atoms with Crippen LogP contribution >= 0.6 is 0 Å². The van der Waals surface area contributed by atoms with Crippen molar-refractivity contribution in [1.29, 1.82) is 0 Å². The Labute approximate surface area is 118 Å². The third kappa shape index (κ3) is 5.38. The summed E-state index contributed by atoms with van der Waals surface area (Å²) >= 11 is 0. The van der Waals surface area contributed by atoms with Gasteiger partial charge in [-0.15, -0.1) is 0 Å². The molecule has 0 heterocycles. The fraction of sp³-hybridized carbons (Fsp3) is 0.429. The molecule has 6 nitrogen and oxygen atoms in total. The predicted octanol–water partition coefficient (Wildman–Crippen LogP) is 1.67. The number of benzene rings is 1. The van der Waals surface area contributed by atoms with Gasteiger partial charge in [0.25, 0.3) is 0 Å². The molecule has 1 atom stereocenters. The van der Waals surface area contributed by atoms with Crippen molar-refractivity contribution in [2.75, 3.05) is 32.7 Å². The Morgan fingerprint density at radius 2 is 2.05 bits per heavy atom. The first kappa shape index (κ1) is 16.1. The van der Waals surface area contributed by atoms with Gasteiger partial charge in [-0.3, -0.25) is 4.79 Å². The molecule has 1 rings (SSSR count). The fourth-order valence-electron chi connectivity index (χ4n) is 1.59. The van der Waals surface area contributed by atoms with E-state index in [-0.39, 0.29) is 17.9 Å². The normalized spacial score (nSPS) is 11.8. The summed E-state index contributed by atoms with van der Waals surface area (Å²) in [5.74, 6) is -0.0476.